The van der Waals surface area contributed by atoms with Crippen LogP contribution in [0.3, 0.4) is 0 Å². The van der Waals surface area contributed by atoms with E-state index in [9.17, 15) is 9.59 Å². The Bertz CT molecular complexity index is 479. The number of hydrogen-bond acceptors (Lipinski definition) is 4. The molecule has 1 rings (SSSR count). The first kappa shape index (κ1) is 16.5. The Morgan fingerprint density at radius 3 is 2.55 bits per heavy atom. The highest BCUT2D eigenvalue weighted by Gasteiger charge is 2.26. The molecule has 0 aliphatic carbocycles. The molecule has 1 amide bonds. The molecule has 0 aliphatic rings. The molecule has 0 saturated heterocycles. The van der Waals surface area contributed by atoms with Crippen LogP contribution >= 0.6 is 11.8 Å². The number of thioether (sulfide) groups is 1. The second-order valence-corrected chi connectivity index (χ2v) is 5.76. The lowest BCUT2D eigenvalue weighted by molar-refractivity contribution is 0.0690. The number of aromatic carboxylic acids is 1. The fraction of sp³-hybridized carbons (Fsp3) is 0.500. The van der Waals surface area contributed by atoms with E-state index in [4.69, 9.17) is 5.11 Å². The lowest BCUT2D eigenvalue weighted by Gasteiger charge is -2.29. The number of amides is 1. The van der Waals surface area contributed by atoms with Gasteiger partial charge in [0.05, 0.1) is 5.56 Å². The van der Waals surface area contributed by atoms with Gasteiger partial charge in [0.25, 0.3) is 5.91 Å². The number of aromatic nitrogens is 1. The Hall–Kier alpha value is -1.56. The summed E-state index contributed by atoms with van der Waals surface area (Å²) in [6.07, 6.45) is 5.29. The first-order chi connectivity index (χ1) is 9.49. The van der Waals surface area contributed by atoms with E-state index in [-0.39, 0.29) is 16.0 Å². The number of carboxylic acid groups (broad SMARTS) is 1. The predicted molar refractivity (Wildman–Crippen MR) is 80.4 cm³/mol. The molecule has 20 heavy (non-hydrogen) atoms. The minimum atomic E-state index is -1.15. The number of pyridine rings is 1. The molecule has 1 aromatic rings. The number of nitrogens with zero attached hydrogens (tertiary/aromatic N) is 1. The molecule has 1 heterocycles. The molecule has 0 fully saturated rings. The highest BCUT2D eigenvalue weighted by molar-refractivity contribution is 8.00. The monoisotopic (exact) mass is 296 g/mol. The van der Waals surface area contributed by atoms with Gasteiger partial charge in [-0.05, 0) is 31.2 Å². The van der Waals surface area contributed by atoms with E-state index in [0.29, 0.717) is 6.54 Å². The smallest absolute Gasteiger partial charge is 0.338 e. The van der Waals surface area contributed by atoms with Crippen LogP contribution in [-0.2, 0) is 0 Å². The molecule has 1 aromatic heterocycles. The van der Waals surface area contributed by atoms with Crippen molar-refractivity contribution < 1.29 is 14.7 Å². The van der Waals surface area contributed by atoms with Crippen molar-refractivity contribution in [1.29, 1.82) is 0 Å². The molecule has 5 nitrogen and oxygen atoms in total. The molecule has 0 aromatic carbocycles. The van der Waals surface area contributed by atoms with Crippen LogP contribution in [-0.4, -0.2) is 39.5 Å². The number of hydrogen-bond donors (Lipinski definition) is 2. The fourth-order valence-corrected chi connectivity index (χ4v) is 2.74. The minimum absolute atomic E-state index is 0.0200. The Balaban J connectivity index is 2.85. The third kappa shape index (κ3) is 3.72. The Morgan fingerprint density at radius 1 is 1.40 bits per heavy atom. The SMILES string of the molecule is CCC(CC)(CNC(=O)c1ncccc1C(=O)O)SC. The summed E-state index contributed by atoms with van der Waals surface area (Å²) in [5.41, 5.74) is -0.116. The van der Waals surface area contributed by atoms with Gasteiger partial charge in [-0.3, -0.25) is 9.78 Å². The summed E-state index contributed by atoms with van der Waals surface area (Å²) in [5.74, 6) is -1.59. The molecule has 2 N–H and O–H groups in total. The molecule has 0 unspecified atom stereocenters. The lowest BCUT2D eigenvalue weighted by Crippen LogP contribution is -2.40. The Labute approximate surface area is 123 Å². The van der Waals surface area contributed by atoms with Gasteiger partial charge in [-0.25, -0.2) is 4.79 Å². The molecule has 0 atom stereocenters. The lowest BCUT2D eigenvalue weighted by atomic mass is 10.0. The third-order valence-corrected chi connectivity index (χ3v) is 5.13. The summed E-state index contributed by atoms with van der Waals surface area (Å²) in [5, 5.41) is 11.9. The predicted octanol–water partition coefficient (Wildman–Crippen LogP) is 2.43. The van der Waals surface area contributed by atoms with Gasteiger partial charge >= 0.3 is 5.97 Å². The van der Waals surface area contributed by atoms with E-state index in [1.807, 2.05) is 6.26 Å². The Kier molecular flexibility index (Phi) is 6.01. The second kappa shape index (κ2) is 7.28. The molecular formula is C14H20N2O3S. The summed E-state index contributed by atoms with van der Waals surface area (Å²) in [6.45, 7) is 4.65. The first-order valence-corrected chi connectivity index (χ1v) is 7.73. The summed E-state index contributed by atoms with van der Waals surface area (Å²) in [4.78, 5) is 27.1. The molecule has 0 bridgehead atoms. The zero-order valence-electron chi connectivity index (χ0n) is 12.0. The summed E-state index contributed by atoms with van der Waals surface area (Å²) >= 11 is 1.71. The summed E-state index contributed by atoms with van der Waals surface area (Å²) in [7, 11) is 0. The van der Waals surface area contributed by atoms with Gasteiger partial charge < -0.3 is 10.4 Å². The van der Waals surface area contributed by atoms with E-state index in [0.717, 1.165) is 12.8 Å². The van der Waals surface area contributed by atoms with Crippen molar-refractivity contribution in [1.82, 2.24) is 10.3 Å². The summed E-state index contributed by atoms with van der Waals surface area (Å²) in [6, 6.07) is 2.89. The van der Waals surface area contributed by atoms with Crippen molar-refractivity contribution in [2.24, 2.45) is 0 Å². The van der Waals surface area contributed by atoms with Crippen molar-refractivity contribution in [3.05, 3.63) is 29.6 Å². The molecule has 0 aliphatic heterocycles. The number of nitrogens with one attached hydrogen (secondary N) is 1. The van der Waals surface area contributed by atoms with Crippen LogP contribution in [0.25, 0.3) is 0 Å². The highest BCUT2D eigenvalue weighted by Crippen LogP contribution is 2.29. The highest BCUT2D eigenvalue weighted by atomic mass is 32.2. The Morgan fingerprint density at radius 2 is 2.05 bits per heavy atom. The second-order valence-electron chi connectivity index (χ2n) is 4.48. The molecule has 110 valence electrons. The van der Waals surface area contributed by atoms with Crippen LogP contribution < -0.4 is 5.32 Å². The van der Waals surface area contributed by atoms with Gasteiger partial charge in [0, 0.05) is 17.5 Å². The van der Waals surface area contributed by atoms with Crippen LogP contribution in [0.5, 0.6) is 0 Å². The summed E-state index contributed by atoms with van der Waals surface area (Å²) < 4.78 is -0.0200. The molecule has 0 radical (unpaired) electrons. The van der Waals surface area contributed by atoms with Crippen LogP contribution in [0.2, 0.25) is 0 Å². The largest absolute Gasteiger partial charge is 0.478 e. The maximum Gasteiger partial charge on any atom is 0.338 e. The van der Waals surface area contributed by atoms with Crippen molar-refractivity contribution in [2.45, 2.75) is 31.4 Å². The zero-order chi connectivity index (χ0) is 15.2. The van der Waals surface area contributed by atoms with Gasteiger partial charge in [0.15, 0.2) is 0 Å². The maximum atomic E-state index is 12.1. The topological polar surface area (TPSA) is 79.3 Å². The molecule has 0 spiro atoms. The third-order valence-electron chi connectivity index (χ3n) is 3.55. The van der Waals surface area contributed by atoms with E-state index in [1.165, 1.54) is 18.3 Å². The van der Waals surface area contributed by atoms with Crippen molar-refractivity contribution in [2.75, 3.05) is 12.8 Å². The maximum absolute atomic E-state index is 12.1. The number of carboxylic acids is 1. The average Bonchev–Trinajstić information content (AvgIpc) is 2.49. The van der Waals surface area contributed by atoms with Gasteiger partial charge in [-0.2, -0.15) is 11.8 Å². The van der Waals surface area contributed by atoms with Crippen molar-refractivity contribution >= 4 is 23.6 Å². The number of carbonyl (C=O) groups excluding carboxylic acids is 1. The molecule has 0 saturated carbocycles. The van der Waals surface area contributed by atoms with Crippen molar-refractivity contribution in [3.63, 3.8) is 0 Å². The van der Waals surface area contributed by atoms with Crippen LogP contribution in [0.4, 0.5) is 0 Å². The van der Waals surface area contributed by atoms with Gasteiger partial charge in [0.2, 0.25) is 0 Å². The number of rotatable bonds is 7. The van der Waals surface area contributed by atoms with Crippen LogP contribution in [0.15, 0.2) is 18.3 Å². The first-order valence-electron chi connectivity index (χ1n) is 6.51. The zero-order valence-corrected chi connectivity index (χ0v) is 12.8. The van der Waals surface area contributed by atoms with Gasteiger partial charge in [-0.15, -0.1) is 0 Å². The van der Waals surface area contributed by atoms with E-state index < -0.39 is 11.9 Å². The average molecular weight is 296 g/mol. The molecular weight excluding hydrogens is 276 g/mol. The fourth-order valence-electron chi connectivity index (χ4n) is 1.94. The normalized spacial score (nSPS) is 11.2. The van der Waals surface area contributed by atoms with E-state index >= 15 is 0 Å². The molecule has 6 heteroatoms. The van der Waals surface area contributed by atoms with Gasteiger partial charge in [0.1, 0.15) is 5.69 Å². The van der Waals surface area contributed by atoms with Gasteiger partial charge in [-0.1, -0.05) is 13.8 Å². The minimum Gasteiger partial charge on any atom is -0.478 e. The standard InChI is InChI=1S/C14H20N2O3S/c1-4-14(5-2,20-3)9-16-12(17)11-10(13(18)19)7-6-8-15-11/h6-8H,4-5,9H2,1-3H3,(H,16,17)(H,18,19). The van der Waals surface area contributed by atoms with Crippen LogP contribution in [0.1, 0.15) is 47.5 Å². The quantitative estimate of drug-likeness (QED) is 0.808. The van der Waals surface area contributed by atoms with E-state index in [2.05, 4.69) is 24.1 Å². The van der Waals surface area contributed by atoms with Crippen LogP contribution in [0, 0.1) is 0 Å². The van der Waals surface area contributed by atoms with Crippen molar-refractivity contribution in [3.8, 4) is 0 Å². The number of carbonyl (C=O) groups is 2. The van der Waals surface area contributed by atoms with E-state index in [1.54, 1.807) is 11.8 Å².